The van der Waals surface area contributed by atoms with E-state index < -0.39 is 45.2 Å². The van der Waals surface area contributed by atoms with Crippen molar-refractivity contribution in [3.05, 3.63) is 64.1 Å². The van der Waals surface area contributed by atoms with Gasteiger partial charge in [0.1, 0.15) is 5.67 Å². The number of benzene rings is 2. The summed E-state index contributed by atoms with van der Waals surface area (Å²) in [6.45, 7) is 1.19. The van der Waals surface area contributed by atoms with Crippen LogP contribution in [0.5, 0.6) is 0 Å². The number of halogens is 3. The predicted octanol–water partition coefficient (Wildman–Crippen LogP) is 4.03. The van der Waals surface area contributed by atoms with E-state index in [1.807, 2.05) is 0 Å². The van der Waals surface area contributed by atoms with Crippen LogP contribution in [0.3, 0.4) is 0 Å². The lowest BCUT2D eigenvalue weighted by Crippen LogP contribution is -2.45. The summed E-state index contributed by atoms with van der Waals surface area (Å²) in [6, 6.07) is 10.6. The quantitative estimate of drug-likeness (QED) is 0.419. The second-order valence-corrected chi connectivity index (χ2v) is 10.5. The first-order valence-corrected chi connectivity index (χ1v) is 11.4. The van der Waals surface area contributed by atoms with E-state index in [2.05, 4.69) is 0 Å². The first-order chi connectivity index (χ1) is 13.3. The first kappa shape index (κ1) is 23.9. The van der Waals surface area contributed by atoms with Gasteiger partial charge in [-0.15, -0.1) is 3.71 Å². The highest BCUT2D eigenvalue weighted by Gasteiger charge is 2.40. The molecule has 29 heavy (non-hydrogen) atoms. The smallest absolute Gasteiger partial charge is 0.253 e. The van der Waals surface area contributed by atoms with Gasteiger partial charge in [-0.2, -0.15) is 0 Å². The molecule has 0 radical (unpaired) electrons. The van der Waals surface area contributed by atoms with Crippen LogP contribution in [0.2, 0.25) is 10.0 Å². The third-order valence-corrected chi connectivity index (χ3v) is 7.52. The van der Waals surface area contributed by atoms with Crippen molar-refractivity contribution in [2.24, 2.45) is 5.92 Å². The molecule has 11 heteroatoms. The van der Waals surface area contributed by atoms with Gasteiger partial charge in [0.2, 0.25) is 0 Å². The Bertz CT molecular complexity index is 1010. The molecule has 158 valence electrons. The van der Waals surface area contributed by atoms with Crippen molar-refractivity contribution in [3.63, 3.8) is 0 Å². The average Bonchev–Trinajstić information content (AvgIpc) is 2.60. The molecule has 0 spiro atoms. The number of Topliss-reactive ketones (excluding diaryl/α,β-unsaturated/α-hetero) is 1. The fraction of sp³-hybridized carbons (Fsp3) is 0.278. The molecular weight excluding hydrogens is 464 g/mol. The minimum absolute atomic E-state index is 0.0630. The van der Waals surface area contributed by atoms with Crippen molar-refractivity contribution < 1.29 is 26.4 Å². The number of ketones is 1. The zero-order valence-electron chi connectivity index (χ0n) is 15.3. The van der Waals surface area contributed by atoms with Crippen LogP contribution >= 0.6 is 23.2 Å². The van der Waals surface area contributed by atoms with E-state index >= 15 is 0 Å². The highest BCUT2D eigenvalue weighted by atomic mass is 35.5. The summed E-state index contributed by atoms with van der Waals surface area (Å²) in [4.78, 5) is 12.6. The molecule has 0 aliphatic carbocycles. The van der Waals surface area contributed by atoms with Gasteiger partial charge in [-0.1, -0.05) is 41.4 Å². The van der Waals surface area contributed by atoms with Gasteiger partial charge in [0.25, 0.3) is 10.0 Å². The molecule has 0 bridgehead atoms. The number of nitrogens with zero attached hydrogens (tertiary/aromatic N) is 1. The average molecular weight is 481 g/mol. The lowest BCUT2D eigenvalue weighted by molar-refractivity contribution is 0.0680. The van der Waals surface area contributed by atoms with E-state index in [0.717, 1.165) is 13.8 Å². The Morgan fingerprint density at radius 2 is 1.69 bits per heavy atom. The Balaban J connectivity index is 2.49. The molecule has 2 rings (SSSR count). The zero-order chi connectivity index (χ0) is 22.0. The molecule has 2 atom stereocenters. The molecule has 0 aliphatic rings. The summed E-state index contributed by atoms with van der Waals surface area (Å²) in [6.07, 6.45) is 0. The first-order valence-electron chi connectivity index (χ1n) is 8.20. The SMILES string of the molecule is CC(C)(F)C(CN(S(=O)[O-])S(=O)(=O)c1ccccc1)C(=O)c1cc(Cl)cc(Cl)c1. The molecule has 0 saturated heterocycles. The predicted molar refractivity (Wildman–Crippen MR) is 109 cm³/mol. The summed E-state index contributed by atoms with van der Waals surface area (Å²) >= 11 is 8.49. The molecule has 2 aromatic rings. The third kappa shape index (κ3) is 5.84. The Morgan fingerprint density at radius 1 is 1.17 bits per heavy atom. The van der Waals surface area contributed by atoms with Gasteiger partial charge in [-0.25, -0.2) is 12.8 Å². The van der Waals surface area contributed by atoms with Crippen LogP contribution in [-0.2, 0) is 21.3 Å². The van der Waals surface area contributed by atoms with Gasteiger partial charge >= 0.3 is 0 Å². The minimum Gasteiger partial charge on any atom is -0.759 e. The maximum atomic E-state index is 14.9. The largest absolute Gasteiger partial charge is 0.759 e. The summed E-state index contributed by atoms with van der Waals surface area (Å²) in [7, 11) is -4.54. The highest BCUT2D eigenvalue weighted by molar-refractivity contribution is 7.99. The van der Waals surface area contributed by atoms with Crippen LogP contribution in [0.4, 0.5) is 4.39 Å². The Hall–Kier alpha value is -1.36. The van der Waals surface area contributed by atoms with Crippen LogP contribution in [-0.4, -0.2) is 38.9 Å². The number of alkyl halides is 1. The molecule has 0 N–H and O–H groups in total. The van der Waals surface area contributed by atoms with Crippen LogP contribution in [0.25, 0.3) is 0 Å². The summed E-state index contributed by atoms with van der Waals surface area (Å²) in [5, 5.41) is 0.245. The highest BCUT2D eigenvalue weighted by Crippen LogP contribution is 2.30. The van der Waals surface area contributed by atoms with E-state index in [1.54, 1.807) is 6.07 Å². The number of rotatable bonds is 8. The fourth-order valence-electron chi connectivity index (χ4n) is 2.61. The Labute approximate surface area is 181 Å². The maximum Gasteiger partial charge on any atom is 0.253 e. The van der Waals surface area contributed by atoms with Crippen molar-refractivity contribution in [2.45, 2.75) is 24.4 Å². The van der Waals surface area contributed by atoms with Crippen LogP contribution in [0.15, 0.2) is 53.4 Å². The van der Waals surface area contributed by atoms with Crippen molar-refractivity contribution in [1.29, 1.82) is 0 Å². The second-order valence-electron chi connectivity index (χ2n) is 6.66. The van der Waals surface area contributed by atoms with E-state index in [4.69, 9.17) is 23.2 Å². The molecule has 2 aromatic carbocycles. The van der Waals surface area contributed by atoms with Gasteiger partial charge < -0.3 is 4.55 Å². The van der Waals surface area contributed by atoms with Gasteiger partial charge in [0.05, 0.1) is 10.8 Å². The molecule has 0 amide bonds. The lowest BCUT2D eigenvalue weighted by Gasteiger charge is -2.32. The third-order valence-electron chi connectivity index (χ3n) is 4.10. The molecule has 0 aliphatic heterocycles. The summed E-state index contributed by atoms with van der Waals surface area (Å²) in [5.74, 6) is -2.48. The fourth-order valence-corrected chi connectivity index (χ4v) is 5.38. The van der Waals surface area contributed by atoms with Gasteiger partial charge in [0, 0.05) is 33.4 Å². The number of hydrogen-bond donors (Lipinski definition) is 0. The van der Waals surface area contributed by atoms with E-state index in [-0.39, 0.29) is 24.2 Å². The van der Waals surface area contributed by atoms with Crippen molar-refractivity contribution in [2.75, 3.05) is 6.54 Å². The second kappa shape index (κ2) is 9.20. The molecule has 6 nitrogen and oxygen atoms in total. The van der Waals surface area contributed by atoms with Crippen LogP contribution < -0.4 is 0 Å². The topological polar surface area (TPSA) is 94.6 Å². The summed E-state index contributed by atoms with van der Waals surface area (Å²) in [5.41, 5.74) is -2.32. The van der Waals surface area contributed by atoms with E-state index in [0.29, 0.717) is 0 Å². The van der Waals surface area contributed by atoms with Crippen molar-refractivity contribution in [1.82, 2.24) is 3.71 Å². The Kier molecular flexibility index (Phi) is 7.58. The normalized spacial score (nSPS) is 14.6. The molecule has 2 unspecified atom stereocenters. The standard InChI is InChI=1S/C18H18Cl2FNO5S2/c1-18(2,21)16(17(23)12-8-13(19)10-14(20)9-12)11-22(28(24)25)29(26,27)15-6-4-3-5-7-15/h3-10,16H,11H2,1-2H3,(H,24,25)/p-1. The number of carbonyl (C=O) groups is 1. The van der Waals surface area contributed by atoms with Gasteiger partial charge in [-0.05, 0) is 44.2 Å². The lowest BCUT2D eigenvalue weighted by atomic mass is 9.86. The maximum absolute atomic E-state index is 14.9. The molecule has 0 aromatic heterocycles. The molecule has 0 saturated carbocycles. The van der Waals surface area contributed by atoms with Gasteiger partial charge in [-0.3, -0.25) is 9.00 Å². The zero-order valence-corrected chi connectivity index (χ0v) is 18.5. The van der Waals surface area contributed by atoms with Crippen LogP contribution in [0, 0.1) is 5.92 Å². The minimum atomic E-state index is -4.54. The number of carbonyl (C=O) groups excluding carboxylic acids is 1. The molecular formula is C18H17Cl2FNO5S2-. The molecule has 0 fully saturated rings. The summed E-state index contributed by atoms with van der Waals surface area (Å²) < 4.78 is 63.9. The number of hydrogen-bond acceptors (Lipinski definition) is 5. The molecule has 0 heterocycles. The van der Waals surface area contributed by atoms with Crippen LogP contribution in [0.1, 0.15) is 24.2 Å². The van der Waals surface area contributed by atoms with E-state index in [1.165, 1.54) is 42.5 Å². The van der Waals surface area contributed by atoms with E-state index in [9.17, 15) is 26.4 Å². The van der Waals surface area contributed by atoms with Crippen molar-refractivity contribution >= 4 is 50.3 Å². The van der Waals surface area contributed by atoms with Gasteiger partial charge in [0.15, 0.2) is 5.78 Å². The monoisotopic (exact) mass is 480 g/mol. The Morgan fingerprint density at radius 3 is 2.14 bits per heavy atom. The number of sulfonamides is 1. The van der Waals surface area contributed by atoms with Crippen molar-refractivity contribution in [3.8, 4) is 0 Å².